The maximum Gasteiger partial charge on any atom is 0.240 e. The van der Waals surface area contributed by atoms with Gasteiger partial charge in [0.05, 0.1) is 6.04 Å². The first-order chi connectivity index (χ1) is 6.27. The average Bonchev–Trinajstić information content (AvgIpc) is 2.47. The molecule has 1 heterocycles. The van der Waals surface area contributed by atoms with Crippen LogP contribution in [0.15, 0.2) is 4.73 Å². The third kappa shape index (κ3) is 1.85. The number of nitrogens with two attached hydrogens (primary N) is 1. The summed E-state index contributed by atoms with van der Waals surface area (Å²) in [6, 6.07) is 0.493. The first-order valence-corrected chi connectivity index (χ1v) is 5.44. The molecule has 0 aliphatic heterocycles. The van der Waals surface area contributed by atoms with Crippen LogP contribution in [0.4, 0.5) is 5.95 Å². The van der Waals surface area contributed by atoms with Gasteiger partial charge in [-0.3, -0.25) is 0 Å². The number of rotatable bonds is 1. The van der Waals surface area contributed by atoms with Crippen molar-refractivity contribution in [1.29, 1.82) is 0 Å². The lowest BCUT2D eigenvalue weighted by Gasteiger charge is -2.21. The molecule has 13 heavy (non-hydrogen) atoms. The summed E-state index contributed by atoms with van der Waals surface area (Å²) in [6.45, 7) is 0. The van der Waals surface area contributed by atoms with E-state index in [2.05, 4.69) is 26.0 Å². The smallest absolute Gasteiger partial charge is 0.240 e. The Hall–Kier alpha value is -0.580. The molecule has 1 saturated carbocycles. The summed E-state index contributed by atoms with van der Waals surface area (Å²) in [5.41, 5.74) is 5.51. The normalized spacial score (nSPS) is 19.2. The Bertz CT molecular complexity index is 290. The molecule has 0 radical (unpaired) electrons. The highest BCUT2D eigenvalue weighted by Crippen LogP contribution is 2.29. The Morgan fingerprint density at radius 1 is 1.31 bits per heavy atom. The molecule has 72 valence electrons. The van der Waals surface area contributed by atoms with E-state index in [9.17, 15) is 0 Å². The van der Waals surface area contributed by atoms with Crippen LogP contribution in [0.2, 0.25) is 0 Å². The van der Waals surface area contributed by atoms with Crippen molar-refractivity contribution in [3.8, 4) is 0 Å². The molecule has 0 aromatic carbocycles. The fraction of sp³-hybridized carbons (Fsp3) is 0.750. The number of anilines is 1. The van der Waals surface area contributed by atoms with Crippen molar-refractivity contribution >= 4 is 21.9 Å². The lowest BCUT2D eigenvalue weighted by atomic mass is 9.96. The third-order valence-corrected chi connectivity index (χ3v) is 3.07. The van der Waals surface area contributed by atoms with E-state index in [4.69, 9.17) is 5.73 Å². The highest BCUT2D eigenvalue weighted by molar-refractivity contribution is 9.10. The summed E-state index contributed by atoms with van der Waals surface area (Å²) < 4.78 is 2.67. The van der Waals surface area contributed by atoms with E-state index >= 15 is 0 Å². The fourth-order valence-corrected chi connectivity index (χ4v) is 2.43. The van der Waals surface area contributed by atoms with E-state index in [1.165, 1.54) is 32.1 Å². The highest BCUT2D eigenvalue weighted by Gasteiger charge is 2.18. The maximum atomic E-state index is 5.51. The van der Waals surface area contributed by atoms with Crippen LogP contribution in [0.5, 0.6) is 0 Å². The van der Waals surface area contributed by atoms with Crippen LogP contribution < -0.4 is 5.73 Å². The summed E-state index contributed by atoms with van der Waals surface area (Å²) in [6.07, 6.45) is 6.31. The van der Waals surface area contributed by atoms with Gasteiger partial charge >= 0.3 is 0 Å². The van der Waals surface area contributed by atoms with Crippen LogP contribution >= 0.6 is 15.9 Å². The summed E-state index contributed by atoms with van der Waals surface area (Å²) in [5.74, 6) is 0.359. The first-order valence-electron chi connectivity index (χ1n) is 4.65. The molecule has 2 N–H and O–H groups in total. The van der Waals surface area contributed by atoms with Gasteiger partial charge in [0.1, 0.15) is 0 Å². The predicted molar refractivity (Wildman–Crippen MR) is 54.3 cm³/mol. The summed E-state index contributed by atoms with van der Waals surface area (Å²) >= 11 is 3.36. The molecule has 0 unspecified atom stereocenters. The van der Waals surface area contributed by atoms with Gasteiger partial charge in [-0.15, -0.1) is 5.10 Å². The Balaban J connectivity index is 2.18. The topological polar surface area (TPSA) is 56.7 Å². The molecule has 4 nitrogen and oxygen atoms in total. The minimum atomic E-state index is 0.359. The maximum absolute atomic E-state index is 5.51. The van der Waals surface area contributed by atoms with Crippen molar-refractivity contribution < 1.29 is 0 Å². The molecule has 0 amide bonds. The van der Waals surface area contributed by atoms with Crippen LogP contribution in [0.1, 0.15) is 38.1 Å². The molecular weight excluding hydrogens is 232 g/mol. The zero-order valence-corrected chi connectivity index (χ0v) is 9.00. The van der Waals surface area contributed by atoms with Crippen LogP contribution in [0, 0.1) is 0 Å². The van der Waals surface area contributed by atoms with Gasteiger partial charge in [0, 0.05) is 0 Å². The van der Waals surface area contributed by atoms with Gasteiger partial charge in [-0.2, -0.15) is 4.98 Å². The molecule has 1 aromatic rings. The molecule has 0 saturated heterocycles. The fourth-order valence-electron chi connectivity index (χ4n) is 1.88. The number of nitrogens with zero attached hydrogens (tertiary/aromatic N) is 3. The van der Waals surface area contributed by atoms with E-state index in [1.807, 2.05) is 4.68 Å². The number of hydrogen-bond donors (Lipinski definition) is 1. The largest absolute Gasteiger partial charge is 0.366 e. The standard InChI is InChI=1S/C8H13BrN4/c9-7-11-8(10)12-13(7)6-4-2-1-3-5-6/h6H,1-5H2,(H2,10,12). The van der Waals surface area contributed by atoms with Crippen molar-refractivity contribution in [2.45, 2.75) is 38.1 Å². The molecule has 1 aliphatic carbocycles. The second kappa shape index (κ2) is 3.65. The molecule has 1 aliphatic rings. The number of halogens is 1. The van der Waals surface area contributed by atoms with E-state index in [0.29, 0.717) is 12.0 Å². The van der Waals surface area contributed by atoms with E-state index in [0.717, 1.165) is 4.73 Å². The minimum absolute atomic E-state index is 0.359. The molecule has 0 bridgehead atoms. The first kappa shape index (κ1) is 8.99. The number of nitrogen functional groups attached to an aromatic ring is 1. The van der Waals surface area contributed by atoms with Crippen LogP contribution in [-0.4, -0.2) is 14.8 Å². The van der Waals surface area contributed by atoms with Gasteiger partial charge in [0.25, 0.3) is 0 Å². The van der Waals surface area contributed by atoms with Crippen molar-refractivity contribution in [3.05, 3.63) is 4.73 Å². The summed E-state index contributed by atoms with van der Waals surface area (Å²) in [4.78, 5) is 4.03. The second-order valence-corrected chi connectivity index (χ2v) is 4.18. The van der Waals surface area contributed by atoms with E-state index < -0.39 is 0 Å². The summed E-state index contributed by atoms with van der Waals surface area (Å²) in [5, 5.41) is 4.17. The Kier molecular flexibility index (Phi) is 2.53. The van der Waals surface area contributed by atoms with Gasteiger partial charge < -0.3 is 5.73 Å². The zero-order chi connectivity index (χ0) is 9.26. The molecule has 1 fully saturated rings. The highest BCUT2D eigenvalue weighted by atomic mass is 79.9. The number of hydrogen-bond acceptors (Lipinski definition) is 3. The van der Waals surface area contributed by atoms with E-state index in [1.54, 1.807) is 0 Å². The van der Waals surface area contributed by atoms with E-state index in [-0.39, 0.29) is 0 Å². The van der Waals surface area contributed by atoms with Gasteiger partial charge in [0.15, 0.2) is 4.73 Å². The predicted octanol–water partition coefficient (Wildman–Crippen LogP) is 2.13. The molecular formula is C8H13BrN4. The Morgan fingerprint density at radius 2 is 2.00 bits per heavy atom. The molecule has 2 rings (SSSR count). The van der Waals surface area contributed by atoms with Crippen LogP contribution in [0.25, 0.3) is 0 Å². The van der Waals surface area contributed by atoms with Crippen molar-refractivity contribution in [1.82, 2.24) is 14.8 Å². The molecule has 1 aromatic heterocycles. The van der Waals surface area contributed by atoms with Gasteiger partial charge in [-0.05, 0) is 28.8 Å². The lowest BCUT2D eigenvalue weighted by molar-refractivity contribution is 0.324. The van der Waals surface area contributed by atoms with Crippen molar-refractivity contribution in [2.24, 2.45) is 0 Å². The second-order valence-electron chi connectivity index (χ2n) is 3.48. The van der Waals surface area contributed by atoms with Crippen LogP contribution in [0.3, 0.4) is 0 Å². The Morgan fingerprint density at radius 3 is 2.54 bits per heavy atom. The van der Waals surface area contributed by atoms with Gasteiger partial charge in [-0.1, -0.05) is 19.3 Å². The zero-order valence-electron chi connectivity index (χ0n) is 7.41. The van der Waals surface area contributed by atoms with Crippen LogP contribution in [-0.2, 0) is 0 Å². The third-order valence-electron chi connectivity index (χ3n) is 2.53. The minimum Gasteiger partial charge on any atom is -0.366 e. The molecule has 0 atom stereocenters. The van der Waals surface area contributed by atoms with Gasteiger partial charge in [-0.25, -0.2) is 4.68 Å². The number of aromatic nitrogens is 3. The monoisotopic (exact) mass is 244 g/mol. The summed E-state index contributed by atoms with van der Waals surface area (Å²) in [7, 11) is 0. The molecule has 0 spiro atoms. The van der Waals surface area contributed by atoms with Crippen molar-refractivity contribution in [3.63, 3.8) is 0 Å². The average molecular weight is 245 g/mol. The van der Waals surface area contributed by atoms with Crippen molar-refractivity contribution in [2.75, 3.05) is 5.73 Å². The lowest BCUT2D eigenvalue weighted by Crippen LogP contribution is -2.14. The van der Waals surface area contributed by atoms with Gasteiger partial charge in [0.2, 0.25) is 5.95 Å². The molecule has 5 heteroatoms. The Labute approximate surface area is 85.6 Å². The quantitative estimate of drug-likeness (QED) is 0.824. The SMILES string of the molecule is Nc1nc(Br)n(C2CCCCC2)n1.